The molecule has 2 unspecified atom stereocenters. The fourth-order valence-electron chi connectivity index (χ4n) is 4.76. The first-order chi connectivity index (χ1) is 19.0. The van der Waals surface area contributed by atoms with Crippen LogP contribution in [0.3, 0.4) is 0 Å². The summed E-state index contributed by atoms with van der Waals surface area (Å²) in [5.41, 5.74) is 2.91. The zero-order valence-corrected chi connectivity index (χ0v) is 22.0. The van der Waals surface area contributed by atoms with Crippen LogP contribution in [0, 0.1) is 11.8 Å². The predicted molar refractivity (Wildman–Crippen MR) is 147 cm³/mol. The van der Waals surface area contributed by atoms with Gasteiger partial charge in [0.25, 0.3) is 5.91 Å². The van der Waals surface area contributed by atoms with Gasteiger partial charge >= 0.3 is 5.97 Å². The molecular weight excluding hydrogens is 494 g/mol. The standard InChI is InChI=1S/C31H33N3O5/c1-39-31(38)25-14-12-24(13-15-25)30(37)34-20-26(28(35)32-18-16-22-8-4-2-5-9-22)27(21-34)29(36)33-19-17-23-10-6-3-7-11-23/h2-15,26-27H,16-21H2,1H3,(H,32,35)(H,33,36). The van der Waals surface area contributed by atoms with E-state index in [0.717, 1.165) is 11.1 Å². The van der Waals surface area contributed by atoms with Gasteiger partial charge in [0.1, 0.15) is 0 Å². The third kappa shape index (κ3) is 7.31. The molecule has 1 fully saturated rings. The molecule has 1 aliphatic rings. The van der Waals surface area contributed by atoms with Crippen LogP contribution in [0.25, 0.3) is 0 Å². The van der Waals surface area contributed by atoms with E-state index >= 15 is 0 Å². The van der Waals surface area contributed by atoms with Crippen molar-refractivity contribution in [2.45, 2.75) is 12.8 Å². The van der Waals surface area contributed by atoms with Crippen LogP contribution in [-0.4, -0.2) is 61.9 Å². The molecule has 0 spiro atoms. The number of carbonyl (C=O) groups is 4. The van der Waals surface area contributed by atoms with Gasteiger partial charge in [0.2, 0.25) is 11.8 Å². The van der Waals surface area contributed by atoms with E-state index < -0.39 is 17.8 Å². The van der Waals surface area contributed by atoms with Crippen molar-refractivity contribution in [3.8, 4) is 0 Å². The number of ether oxygens (including phenoxy) is 1. The lowest BCUT2D eigenvalue weighted by Crippen LogP contribution is -2.42. The Hall–Kier alpha value is -4.46. The van der Waals surface area contributed by atoms with Crippen LogP contribution < -0.4 is 10.6 Å². The number of likely N-dealkylation sites (tertiary alicyclic amines) is 1. The number of esters is 1. The van der Waals surface area contributed by atoms with E-state index in [2.05, 4.69) is 10.6 Å². The normalized spacial score (nSPS) is 16.4. The molecule has 202 valence electrons. The van der Waals surface area contributed by atoms with E-state index in [-0.39, 0.29) is 30.8 Å². The monoisotopic (exact) mass is 527 g/mol. The molecule has 0 aliphatic carbocycles. The molecule has 0 saturated carbocycles. The van der Waals surface area contributed by atoms with Gasteiger partial charge < -0.3 is 20.3 Å². The summed E-state index contributed by atoms with van der Waals surface area (Å²) in [4.78, 5) is 53.0. The number of carbonyl (C=O) groups excluding carboxylic acids is 4. The maximum absolute atomic E-state index is 13.3. The molecule has 4 rings (SSSR count). The molecule has 2 N–H and O–H groups in total. The van der Waals surface area contributed by atoms with Gasteiger partial charge in [0.05, 0.1) is 24.5 Å². The Balaban J connectivity index is 1.42. The van der Waals surface area contributed by atoms with Crippen LogP contribution in [0.1, 0.15) is 31.8 Å². The first kappa shape index (κ1) is 27.6. The molecule has 1 heterocycles. The minimum atomic E-state index is -0.671. The van der Waals surface area contributed by atoms with Gasteiger partial charge in [-0.1, -0.05) is 60.7 Å². The molecule has 2 atom stereocenters. The first-order valence-corrected chi connectivity index (χ1v) is 13.1. The molecule has 3 aromatic rings. The van der Waals surface area contributed by atoms with Crippen molar-refractivity contribution in [3.63, 3.8) is 0 Å². The highest BCUT2D eigenvalue weighted by Gasteiger charge is 2.43. The van der Waals surface area contributed by atoms with Crippen molar-refractivity contribution in [1.29, 1.82) is 0 Å². The van der Waals surface area contributed by atoms with Gasteiger partial charge in [-0.2, -0.15) is 0 Å². The first-order valence-electron chi connectivity index (χ1n) is 13.1. The van der Waals surface area contributed by atoms with E-state index in [1.165, 1.54) is 24.1 Å². The Kier molecular flexibility index (Phi) is 9.45. The minimum absolute atomic E-state index is 0.130. The number of amides is 3. The Morgan fingerprint density at radius 1 is 0.692 bits per heavy atom. The molecule has 3 aromatic carbocycles. The number of rotatable bonds is 10. The predicted octanol–water partition coefficient (Wildman–Crippen LogP) is 2.88. The summed E-state index contributed by atoms with van der Waals surface area (Å²) in [6.45, 7) is 1.13. The lowest BCUT2D eigenvalue weighted by molar-refractivity contribution is -0.132. The molecule has 0 bridgehead atoms. The second kappa shape index (κ2) is 13.4. The number of nitrogens with one attached hydrogen (secondary N) is 2. The van der Waals surface area contributed by atoms with Crippen molar-refractivity contribution in [3.05, 3.63) is 107 Å². The van der Waals surface area contributed by atoms with Gasteiger partial charge in [-0.15, -0.1) is 0 Å². The highest BCUT2D eigenvalue weighted by atomic mass is 16.5. The maximum atomic E-state index is 13.3. The van der Waals surface area contributed by atoms with Crippen LogP contribution in [0.15, 0.2) is 84.9 Å². The molecule has 0 radical (unpaired) electrons. The van der Waals surface area contributed by atoms with Gasteiger partial charge in [-0.3, -0.25) is 14.4 Å². The van der Waals surface area contributed by atoms with E-state index in [9.17, 15) is 19.2 Å². The van der Waals surface area contributed by atoms with Crippen LogP contribution in [0.4, 0.5) is 0 Å². The highest BCUT2D eigenvalue weighted by molar-refractivity contribution is 5.98. The second-order valence-corrected chi connectivity index (χ2v) is 9.55. The fraction of sp³-hybridized carbons (Fsp3) is 0.290. The highest BCUT2D eigenvalue weighted by Crippen LogP contribution is 2.26. The molecule has 1 aliphatic heterocycles. The average Bonchev–Trinajstić information content (AvgIpc) is 3.43. The topological polar surface area (TPSA) is 105 Å². The summed E-state index contributed by atoms with van der Waals surface area (Å²) in [6.07, 6.45) is 1.34. The van der Waals surface area contributed by atoms with Crippen LogP contribution in [-0.2, 0) is 27.2 Å². The fourth-order valence-corrected chi connectivity index (χ4v) is 4.76. The maximum Gasteiger partial charge on any atom is 0.337 e. The third-order valence-electron chi connectivity index (χ3n) is 6.95. The number of benzene rings is 3. The van der Waals surface area contributed by atoms with E-state index in [1.807, 2.05) is 60.7 Å². The summed E-state index contributed by atoms with van der Waals surface area (Å²) in [5.74, 6) is -2.62. The number of hydrogen-bond donors (Lipinski definition) is 2. The second-order valence-electron chi connectivity index (χ2n) is 9.55. The Morgan fingerprint density at radius 3 is 1.56 bits per heavy atom. The lowest BCUT2D eigenvalue weighted by Gasteiger charge is -2.17. The van der Waals surface area contributed by atoms with Gasteiger partial charge in [0, 0.05) is 31.7 Å². The van der Waals surface area contributed by atoms with Crippen molar-refractivity contribution in [1.82, 2.24) is 15.5 Å². The molecule has 8 nitrogen and oxygen atoms in total. The SMILES string of the molecule is COC(=O)c1ccc(C(=O)N2CC(C(=O)NCCc3ccccc3)C(C(=O)NCCc3ccccc3)C2)cc1. The number of nitrogens with zero attached hydrogens (tertiary/aromatic N) is 1. The summed E-state index contributed by atoms with van der Waals surface area (Å²) in [6, 6.07) is 25.8. The molecule has 1 saturated heterocycles. The van der Waals surface area contributed by atoms with Gasteiger partial charge in [-0.05, 0) is 48.2 Å². The summed E-state index contributed by atoms with van der Waals surface area (Å²) < 4.78 is 4.71. The van der Waals surface area contributed by atoms with Crippen LogP contribution in [0.5, 0.6) is 0 Å². The third-order valence-corrected chi connectivity index (χ3v) is 6.95. The van der Waals surface area contributed by atoms with E-state index in [0.29, 0.717) is 37.1 Å². The summed E-state index contributed by atoms with van der Waals surface area (Å²) in [7, 11) is 1.29. The van der Waals surface area contributed by atoms with Crippen molar-refractivity contribution in [2.75, 3.05) is 33.3 Å². The zero-order valence-electron chi connectivity index (χ0n) is 22.0. The smallest absolute Gasteiger partial charge is 0.337 e. The molecular formula is C31H33N3O5. The zero-order chi connectivity index (χ0) is 27.6. The Labute approximate surface area is 228 Å². The number of methoxy groups -OCH3 is 1. The summed E-state index contributed by atoms with van der Waals surface area (Å²) >= 11 is 0. The van der Waals surface area contributed by atoms with Crippen LogP contribution in [0.2, 0.25) is 0 Å². The molecule has 39 heavy (non-hydrogen) atoms. The van der Waals surface area contributed by atoms with Gasteiger partial charge in [0.15, 0.2) is 0 Å². The molecule has 3 amide bonds. The van der Waals surface area contributed by atoms with Crippen LogP contribution >= 0.6 is 0 Å². The summed E-state index contributed by atoms with van der Waals surface area (Å²) in [5, 5.41) is 5.91. The average molecular weight is 528 g/mol. The van der Waals surface area contributed by atoms with Gasteiger partial charge in [-0.25, -0.2) is 4.79 Å². The molecule has 0 aromatic heterocycles. The quantitative estimate of drug-likeness (QED) is 0.395. The van der Waals surface area contributed by atoms with E-state index in [1.54, 1.807) is 12.1 Å². The van der Waals surface area contributed by atoms with Crippen molar-refractivity contribution in [2.24, 2.45) is 11.8 Å². The largest absolute Gasteiger partial charge is 0.465 e. The number of hydrogen-bond acceptors (Lipinski definition) is 5. The lowest BCUT2D eigenvalue weighted by atomic mass is 9.94. The Morgan fingerprint density at radius 2 is 1.13 bits per heavy atom. The minimum Gasteiger partial charge on any atom is -0.465 e. The Bertz CT molecular complexity index is 1210. The van der Waals surface area contributed by atoms with E-state index in [4.69, 9.17) is 4.74 Å². The van der Waals surface area contributed by atoms with Crippen molar-refractivity contribution < 1.29 is 23.9 Å². The molecule has 8 heteroatoms. The van der Waals surface area contributed by atoms with Crippen molar-refractivity contribution >= 4 is 23.7 Å².